The number of benzene rings is 2. The fourth-order valence-electron chi connectivity index (χ4n) is 3.70. The molecule has 160 valence electrons. The highest BCUT2D eigenvalue weighted by Gasteiger charge is 2.52. The van der Waals surface area contributed by atoms with Crippen molar-refractivity contribution in [1.29, 1.82) is 0 Å². The summed E-state index contributed by atoms with van der Waals surface area (Å²) < 4.78 is 40.5. The third kappa shape index (κ3) is 5.56. The van der Waals surface area contributed by atoms with Crippen molar-refractivity contribution in [3.63, 3.8) is 0 Å². The standard InChI is InChI=1S/C21H22F3N3O3/c22-21(23,24)19-14-26(12-16-4-2-1-3-5-16)13-18(19)20(28)25-11-10-15-6-8-17(9-7-15)27(29)30/h1-9,18-19H,10-14H2,(H,25,28)/t18-,19-/m0/s1. The summed E-state index contributed by atoms with van der Waals surface area (Å²) in [6.45, 7) is 0.359. The van der Waals surface area contributed by atoms with Crippen molar-refractivity contribution in [2.45, 2.75) is 19.1 Å². The fourth-order valence-corrected chi connectivity index (χ4v) is 3.70. The van der Waals surface area contributed by atoms with E-state index in [1.54, 1.807) is 17.0 Å². The summed E-state index contributed by atoms with van der Waals surface area (Å²) in [4.78, 5) is 24.3. The lowest BCUT2D eigenvalue weighted by Gasteiger charge is -2.20. The van der Waals surface area contributed by atoms with E-state index in [0.29, 0.717) is 13.0 Å². The molecular weight excluding hydrogens is 399 g/mol. The molecule has 0 radical (unpaired) electrons. The predicted molar refractivity (Wildman–Crippen MR) is 105 cm³/mol. The molecule has 3 rings (SSSR count). The molecule has 0 spiro atoms. The molecule has 1 N–H and O–H groups in total. The molecule has 0 unspecified atom stereocenters. The van der Waals surface area contributed by atoms with Crippen LogP contribution in [-0.2, 0) is 17.8 Å². The summed E-state index contributed by atoms with van der Waals surface area (Å²) in [7, 11) is 0. The molecule has 6 nitrogen and oxygen atoms in total. The zero-order chi connectivity index (χ0) is 21.7. The quantitative estimate of drug-likeness (QED) is 0.548. The van der Waals surface area contributed by atoms with Crippen molar-refractivity contribution in [3.05, 3.63) is 75.8 Å². The molecule has 2 aromatic rings. The molecule has 1 aliphatic rings. The van der Waals surface area contributed by atoms with Crippen molar-refractivity contribution < 1.29 is 22.9 Å². The fraction of sp³-hybridized carbons (Fsp3) is 0.381. The number of hydrogen-bond acceptors (Lipinski definition) is 4. The number of rotatable bonds is 7. The number of carbonyl (C=O) groups is 1. The van der Waals surface area contributed by atoms with Gasteiger partial charge in [0.15, 0.2) is 0 Å². The number of likely N-dealkylation sites (tertiary alicyclic amines) is 1. The molecule has 1 aliphatic heterocycles. The summed E-state index contributed by atoms with van der Waals surface area (Å²) in [5.74, 6) is -3.49. The molecule has 9 heteroatoms. The number of carbonyl (C=O) groups excluding carboxylic acids is 1. The predicted octanol–water partition coefficient (Wildman–Crippen LogP) is 3.56. The van der Waals surface area contributed by atoms with Crippen LogP contribution in [0.15, 0.2) is 54.6 Å². The third-order valence-corrected chi connectivity index (χ3v) is 5.26. The Morgan fingerprint density at radius 1 is 1.07 bits per heavy atom. The van der Waals surface area contributed by atoms with Crippen molar-refractivity contribution in [2.75, 3.05) is 19.6 Å². The van der Waals surface area contributed by atoms with Crippen LogP contribution >= 0.6 is 0 Å². The molecular formula is C21H22F3N3O3. The van der Waals surface area contributed by atoms with Gasteiger partial charge in [0, 0.05) is 38.3 Å². The number of hydrogen-bond donors (Lipinski definition) is 1. The third-order valence-electron chi connectivity index (χ3n) is 5.26. The molecule has 0 saturated carbocycles. The molecule has 2 aromatic carbocycles. The highest BCUT2D eigenvalue weighted by molar-refractivity contribution is 5.79. The SMILES string of the molecule is O=C(NCCc1ccc([N+](=O)[O-])cc1)[C@H]1CN(Cc2ccccc2)C[C@@H]1C(F)(F)F. The van der Waals surface area contributed by atoms with Crippen molar-refractivity contribution >= 4 is 11.6 Å². The largest absolute Gasteiger partial charge is 0.393 e. The van der Waals surface area contributed by atoms with Gasteiger partial charge in [-0.3, -0.25) is 19.8 Å². The van der Waals surface area contributed by atoms with Crippen molar-refractivity contribution in [2.24, 2.45) is 11.8 Å². The smallest absolute Gasteiger partial charge is 0.355 e. The lowest BCUT2D eigenvalue weighted by atomic mass is 9.94. The van der Waals surface area contributed by atoms with Gasteiger partial charge in [0.05, 0.1) is 16.8 Å². The second-order valence-electron chi connectivity index (χ2n) is 7.40. The molecule has 0 aromatic heterocycles. The minimum atomic E-state index is -4.45. The highest BCUT2D eigenvalue weighted by atomic mass is 19.4. The van der Waals surface area contributed by atoms with E-state index < -0.39 is 28.8 Å². The van der Waals surface area contributed by atoms with Crippen molar-refractivity contribution in [3.8, 4) is 0 Å². The average Bonchev–Trinajstić information content (AvgIpc) is 3.13. The van der Waals surface area contributed by atoms with Gasteiger partial charge in [-0.2, -0.15) is 13.2 Å². The second kappa shape index (κ2) is 9.25. The van der Waals surface area contributed by atoms with E-state index in [0.717, 1.165) is 11.1 Å². The van der Waals surface area contributed by atoms with E-state index in [9.17, 15) is 28.1 Å². The summed E-state index contributed by atoms with van der Waals surface area (Å²) in [5, 5.41) is 13.3. The maximum Gasteiger partial charge on any atom is 0.393 e. The van der Waals surface area contributed by atoms with E-state index >= 15 is 0 Å². The van der Waals surface area contributed by atoms with Crippen LogP contribution in [0.2, 0.25) is 0 Å². The number of nitro groups is 1. The molecule has 0 aliphatic carbocycles. The molecule has 1 amide bonds. The Bertz CT molecular complexity index is 873. The maximum atomic E-state index is 13.5. The van der Waals surface area contributed by atoms with Gasteiger partial charge in [0.25, 0.3) is 5.69 Å². The Morgan fingerprint density at radius 3 is 2.33 bits per heavy atom. The Balaban J connectivity index is 1.57. The van der Waals surface area contributed by atoms with Gasteiger partial charge >= 0.3 is 6.18 Å². The van der Waals surface area contributed by atoms with Crippen LogP contribution in [0, 0.1) is 22.0 Å². The minimum absolute atomic E-state index is 0.0414. The first kappa shape index (κ1) is 21.8. The zero-order valence-corrected chi connectivity index (χ0v) is 16.1. The lowest BCUT2D eigenvalue weighted by molar-refractivity contribution is -0.384. The maximum absolute atomic E-state index is 13.5. The molecule has 0 bridgehead atoms. The summed E-state index contributed by atoms with van der Waals surface area (Å²) in [5.41, 5.74) is 1.61. The van der Waals surface area contributed by atoms with E-state index in [1.807, 2.05) is 30.3 Å². The first-order chi connectivity index (χ1) is 14.2. The summed E-state index contributed by atoms with van der Waals surface area (Å²) >= 11 is 0. The van der Waals surface area contributed by atoms with Crippen LogP contribution < -0.4 is 5.32 Å². The number of nitro benzene ring substituents is 1. The Morgan fingerprint density at radius 2 is 1.73 bits per heavy atom. The summed E-state index contributed by atoms with van der Waals surface area (Å²) in [6, 6.07) is 15.0. The number of amides is 1. The lowest BCUT2D eigenvalue weighted by Crippen LogP contribution is -2.40. The second-order valence-corrected chi connectivity index (χ2v) is 7.40. The van der Waals surface area contributed by atoms with Crippen LogP contribution in [0.3, 0.4) is 0 Å². The van der Waals surface area contributed by atoms with Gasteiger partial charge in [-0.1, -0.05) is 42.5 Å². The first-order valence-corrected chi connectivity index (χ1v) is 9.58. The molecule has 1 fully saturated rings. The molecule has 2 atom stereocenters. The van der Waals surface area contributed by atoms with Gasteiger partial charge < -0.3 is 5.32 Å². The Kier molecular flexibility index (Phi) is 6.71. The van der Waals surface area contributed by atoms with Crippen LogP contribution in [-0.4, -0.2) is 41.5 Å². The van der Waals surface area contributed by atoms with Gasteiger partial charge in [0.2, 0.25) is 5.91 Å². The highest BCUT2D eigenvalue weighted by Crippen LogP contribution is 2.38. The topological polar surface area (TPSA) is 75.5 Å². The van der Waals surface area contributed by atoms with E-state index in [2.05, 4.69) is 5.32 Å². The van der Waals surface area contributed by atoms with Crippen molar-refractivity contribution in [1.82, 2.24) is 10.2 Å². The van der Waals surface area contributed by atoms with Crippen LogP contribution in [0.1, 0.15) is 11.1 Å². The number of nitrogens with one attached hydrogen (secondary N) is 1. The Hall–Kier alpha value is -2.94. The molecule has 1 saturated heterocycles. The average molecular weight is 421 g/mol. The first-order valence-electron chi connectivity index (χ1n) is 9.58. The van der Waals surface area contributed by atoms with Crippen LogP contribution in [0.5, 0.6) is 0 Å². The monoisotopic (exact) mass is 421 g/mol. The van der Waals surface area contributed by atoms with E-state index in [-0.39, 0.29) is 25.3 Å². The van der Waals surface area contributed by atoms with Gasteiger partial charge in [-0.25, -0.2) is 0 Å². The van der Waals surface area contributed by atoms with E-state index in [1.165, 1.54) is 12.1 Å². The zero-order valence-electron chi connectivity index (χ0n) is 16.1. The number of halogens is 3. The van der Waals surface area contributed by atoms with Gasteiger partial charge in [-0.05, 0) is 17.5 Å². The summed E-state index contributed by atoms with van der Waals surface area (Å²) in [6.07, 6.45) is -4.08. The normalized spacial score (nSPS) is 19.6. The molecule has 30 heavy (non-hydrogen) atoms. The number of alkyl halides is 3. The van der Waals surface area contributed by atoms with E-state index in [4.69, 9.17) is 0 Å². The molecule has 1 heterocycles. The van der Waals surface area contributed by atoms with Gasteiger partial charge in [0.1, 0.15) is 0 Å². The number of nitrogens with zero attached hydrogens (tertiary/aromatic N) is 2. The minimum Gasteiger partial charge on any atom is -0.355 e. The van der Waals surface area contributed by atoms with Crippen LogP contribution in [0.25, 0.3) is 0 Å². The number of non-ortho nitro benzene ring substituents is 1. The Labute approximate surface area is 171 Å². The van der Waals surface area contributed by atoms with Gasteiger partial charge in [-0.15, -0.1) is 0 Å². The van der Waals surface area contributed by atoms with Crippen LogP contribution in [0.4, 0.5) is 18.9 Å².